The number of nitrogens with two attached hydrogens (primary N) is 1. The van der Waals surface area contributed by atoms with Gasteiger partial charge in [0.1, 0.15) is 16.5 Å². The van der Waals surface area contributed by atoms with E-state index >= 15 is 0 Å². The average molecular weight is 298 g/mol. The van der Waals surface area contributed by atoms with E-state index in [1.54, 1.807) is 19.1 Å². The molecule has 106 valence electrons. The first-order valence-electron chi connectivity index (χ1n) is 5.63. The molecule has 0 aliphatic heterocycles. The van der Waals surface area contributed by atoms with Gasteiger partial charge in [-0.25, -0.2) is 17.2 Å². The summed E-state index contributed by atoms with van der Waals surface area (Å²) in [6, 6.07) is 6.87. The van der Waals surface area contributed by atoms with Gasteiger partial charge in [0.05, 0.1) is 5.69 Å². The van der Waals surface area contributed by atoms with E-state index in [0.29, 0.717) is 17.3 Å². The van der Waals surface area contributed by atoms with Crippen molar-refractivity contribution < 1.29 is 17.2 Å². The molecule has 0 fully saturated rings. The largest absolute Gasteiger partial charge is 0.399 e. The minimum absolute atomic E-state index is 0.216. The highest BCUT2D eigenvalue weighted by atomic mass is 32.2. The first-order valence-corrected chi connectivity index (χ1v) is 7.12. The van der Waals surface area contributed by atoms with Crippen molar-refractivity contribution in [1.82, 2.24) is 0 Å². The number of hydrogen-bond donors (Lipinski definition) is 2. The lowest BCUT2D eigenvalue weighted by molar-refractivity contribution is 0.555. The predicted octanol–water partition coefficient (Wildman–Crippen LogP) is 2.66. The molecule has 0 saturated carbocycles. The van der Waals surface area contributed by atoms with E-state index in [1.165, 1.54) is 6.07 Å². The summed E-state index contributed by atoms with van der Waals surface area (Å²) in [5.74, 6) is -1.86. The summed E-state index contributed by atoms with van der Waals surface area (Å²) in [5, 5.41) is 0. The maximum Gasteiger partial charge on any atom is 0.264 e. The molecule has 2 aromatic rings. The quantitative estimate of drug-likeness (QED) is 0.856. The molecule has 20 heavy (non-hydrogen) atoms. The third-order valence-electron chi connectivity index (χ3n) is 2.69. The Balaban J connectivity index is 2.46. The molecule has 0 bridgehead atoms. The lowest BCUT2D eigenvalue weighted by atomic mass is 10.2. The van der Waals surface area contributed by atoms with Crippen LogP contribution in [0.15, 0.2) is 41.3 Å². The Morgan fingerprint density at radius 2 is 1.80 bits per heavy atom. The number of sulfonamides is 1. The normalized spacial score (nSPS) is 11.3. The van der Waals surface area contributed by atoms with Crippen molar-refractivity contribution in [2.75, 3.05) is 10.5 Å². The van der Waals surface area contributed by atoms with Crippen molar-refractivity contribution in [3.05, 3.63) is 53.6 Å². The second kappa shape index (κ2) is 5.09. The topological polar surface area (TPSA) is 72.2 Å². The van der Waals surface area contributed by atoms with E-state index in [4.69, 9.17) is 5.73 Å². The monoisotopic (exact) mass is 298 g/mol. The van der Waals surface area contributed by atoms with E-state index in [1.807, 2.05) is 0 Å². The fourth-order valence-electron chi connectivity index (χ4n) is 1.63. The predicted molar refractivity (Wildman–Crippen MR) is 72.8 cm³/mol. The molecule has 0 aliphatic rings. The van der Waals surface area contributed by atoms with Crippen LogP contribution in [0.1, 0.15) is 5.56 Å². The summed E-state index contributed by atoms with van der Waals surface area (Å²) in [5.41, 5.74) is 6.75. The van der Waals surface area contributed by atoms with Crippen molar-refractivity contribution in [3.63, 3.8) is 0 Å². The van der Waals surface area contributed by atoms with Gasteiger partial charge in [0.15, 0.2) is 0 Å². The fraction of sp³-hybridized carbons (Fsp3) is 0.0769. The van der Waals surface area contributed by atoms with Crippen molar-refractivity contribution in [1.29, 1.82) is 0 Å². The Morgan fingerprint density at radius 1 is 1.10 bits per heavy atom. The molecule has 0 heterocycles. The van der Waals surface area contributed by atoms with E-state index in [-0.39, 0.29) is 5.69 Å². The Kier molecular flexibility index (Phi) is 3.63. The summed E-state index contributed by atoms with van der Waals surface area (Å²) in [4.78, 5) is -0.751. The number of hydrogen-bond acceptors (Lipinski definition) is 3. The molecule has 0 aliphatic carbocycles. The Morgan fingerprint density at radius 3 is 2.50 bits per heavy atom. The maximum absolute atomic E-state index is 13.5. The summed E-state index contributed by atoms with van der Waals surface area (Å²) >= 11 is 0. The van der Waals surface area contributed by atoms with Crippen molar-refractivity contribution in [2.45, 2.75) is 11.8 Å². The van der Waals surface area contributed by atoms with Crippen LogP contribution in [-0.2, 0) is 10.0 Å². The van der Waals surface area contributed by atoms with Gasteiger partial charge in [0, 0.05) is 5.69 Å². The number of anilines is 2. The highest BCUT2D eigenvalue weighted by Crippen LogP contribution is 2.23. The lowest BCUT2D eigenvalue weighted by Gasteiger charge is -2.11. The minimum atomic E-state index is -4.23. The molecule has 3 N–H and O–H groups in total. The van der Waals surface area contributed by atoms with Crippen LogP contribution >= 0.6 is 0 Å². The number of halogens is 2. The van der Waals surface area contributed by atoms with Crippen LogP contribution in [0.4, 0.5) is 20.2 Å². The maximum atomic E-state index is 13.5. The molecule has 0 atom stereocenters. The van der Waals surface area contributed by atoms with Gasteiger partial charge in [-0.2, -0.15) is 0 Å². The Labute approximate surface area is 115 Å². The van der Waals surface area contributed by atoms with E-state index in [2.05, 4.69) is 4.72 Å². The van der Waals surface area contributed by atoms with Gasteiger partial charge in [-0.3, -0.25) is 4.72 Å². The number of nitrogen functional groups attached to an aromatic ring is 1. The molecular weight excluding hydrogens is 286 g/mol. The van der Waals surface area contributed by atoms with E-state index < -0.39 is 26.6 Å². The molecule has 2 rings (SSSR count). The van der Waals surface area contributed by atoms with Crippen molar-refractivity contribution >= 4 is 21.4 Å². The van der Waals surface area contributed by atoms with Crippen LogP contribution in [-0.4, -0.2) is 8.42 Å². The molecule has 7 heteroatoms. The zero-order valence-electron chi connectivity index (χ0n) is 10.5. The van der Waals surface area contributed by atoms with Gasteiger partial charge in [0.2, 0.25) is 0 Å². The van der Waals surface area contributed by atoms with Gasteiger partial charge in [0.25, 0.3) is 10.0 Å². The Bertz CT molecular complexity index is 761. The molecule has 0 radical (unpaired) electrons. The first kappa shape index (κ1) is 14.3. The summed E-state index contributed by atoms with van der Waals surface area (Å²) in [6.45, 7) is 1.67. The minimum Gasteiger partial charge on any atom is -0.399 e. The molecule has 0 unspecified atom stereocenters. The van der Waals surface area contributed by atoms with Gasteiger partial charge in [-0.15, -0.1) is 0 Å². The lowest BCUT2D eigenvalue weighted by Crippen LogP contribution is -2.15. The molecule has 0 amide bonds. The molecule has 4 nitrogen and oxygen atoms in total. The SMILES string of the molecule is Cc1ccc(N)cc1NS(=O)(=O)c1cc(F)ccc1F. The number of aryl methyl sites for hydroxylation is 1. The summed E-state index contributed by atoms with van der Waals surface area (Å²) < 4.78 is 53.0. The van der Waals surface area contributed by atoms with Crippen LogP contribution in [0.5, 0.6) is 0 Å². The van der Waals surface area contributed by atoms with Gasteiger partial charge < -0.3 is 5.73 Å². The molecular formula is C13H12F2N2O2S. The van der Waals surface area contributed by atoms with Gasteiger partial charge >= 0.3 is 0 Å². The number of rotatable bonds is 3. The summed E-state index contributed by atoms with van der Waals surface area (Å²) in [7, 11) is -4.23. The van der Waals surface area contributed by atoms with Crippen LogP contribution in [0.25, 0.3) is 0 Å². The zero-order valence-corrected chi connectivity index (χ0v) is 11.3. The number of benzene rings is 2. The highest BCUT2D eigenvalue weighted by Gasteiger charge is 2.20. The second-order valence-corrected chi connectivity index (χ2v) is 5.91. The third-order valence-corrected chi connectivity index (χ3v) is 4.07. The van der Waals surface area contributed by atoms with Crippen LogP contribution in [0, 0.1) is 18.6 Å². The highest BCUT2D eigenvalue weighted by molar-refractivity contribution is 7.92. The van der Waals surface area contributed by atoms with Crippen molar-refractivity contribution in [3.8, 4) is 0 Å². The van der Waals surface area contributed by atoms with Crippen LogP contribution < -0.4 is 10.5 Å². The van der Waals surface area contributed by atoms with Gasteiger partial charge in [-0.05, 0) is 42.8 Å². The van der Waals surface area contributed by atoms with E-state index in [9.17, 15) is 17.2 Å². The first-order chi connectivity index (χ1) is 9.29. The number of nitrogens with one attached hydrogen (secondary N) is 1. The van der Waals surface area contributed by atoms with Gasteiger partial charge in [-0.1, -0.05) is 6.07 Å². The zero-order chi connectivity index (χ0) is 14.9. The third kappa shape index (κ3) is 2.88. The smallest absolute Gasteiger partial charge is 0.264 e. The molecule has 0 spiro atoms. The fourth-order valence-corrected chi connectivity index (χ4v) is 2.84. The van der Waals surface area contributed by atoms with E-state index in [0.717, 1.165) is 12.1 Å². The summed E-state index contributed by atoms with van der Waals surface area (Å²) in [6.07, 6.45) is 0. The standard InChI is InChI=1S/C13H12F2N2O2S/c1-8-2-4-10(16)7-12(8)17-20(18,19)13-6-9(14)3-5-11(13)15/h2-7,17H,16H2,1H3. The molecule has 0 aromatic heterocycles. The second-order valence-electron chi connectivity index (χ2n) is 4.25. The van der Waals surface area contributed by atoms with Crippen LogP contribution in [0.2, 0.25) is 0 Å². The molecule has 2 aromatic carbocycles. The van der Waals surface area contributed by atoms with Crippen molar-refractivity contribution in [2.24, 2.45) is 0 Å². The Hall–Kier alpha value is -2.15. The average Bonchev–Trinajstić information content (AvgIpc) is 2.36. The molecule has 0 saturated heterocycles. The van der Waals surface area contributed by atoms with Crippen LogP contribution in [0.3, 0.4) is 0 Å².